The molecule has 1 heterocycles. The Bertz CT molecular complexity index is 1110. The van der Waals surface area contributed by atoms with E-state index in [4.69, 9.17) is 4.74 Å². The van der Waals surface area contributed by atoms with Gasteiger partial charge in [0, 0.05) is 19.2 Å². The number of aromatic nitrogens is 1. The number of thiazole rings is 1. The number of hydrogen-bond acceptors (Lipinski definition) is 5. The fourth-order valence-electron chi connectivity index (χ4n) is 3.07. The van der Waals surface area contributed by atoms with Crippen LogP contribution in [0, 0.1) is 24.0 Å². The first kappa shape index (κ1) is 19.9. The molecule has 0 atom stereocenters. The molecule has 1 aromatic heterocycles. The summed E-state index contributed by atoms with van der Waals surface area (Å²) in [6, 6.07) is 10.0. The molecule has 3 rings (SSSR count). The molecule has 0 fully saturated rings. The molecular weight excluding hydrogens is 378 g/mol. The number of fused-ring (bicyclic) bond motifs is 1. The van der Waals surface area contributed by atoms with Crippen LogP contribution in [0.3, 0.4) is 0 Å². The molecule has 3 aromatic rings. The molecule has 28 heavy (non-hydrogen) atoms. The summed E-state index contributed by atoms with van der Waals surface area (Å²) in [5.41, 5.74) is 2.94. The fourth-order valence-corrected chi connectivity index (χ4v) is 4.18. The molecule has 8 heteroatoms. The molecule has 0 unspecified atom stereocenters. The van der Waals surface area contributed by atoms with Gasteiger partial charge in [0.1, 0.15) is 5.56 Å². The van der Waals surface area contributed by atoms with Crippen molar-refractivity contribution in [2.24, 2.45) is 4.99 Å². The van der Waals surface area contributed by atoms with Gasteiger partial charge >= 0.3 is 0 Å². The van der Waals surface area contributed by atoms with Gasteiger partial charge in [0.25, 0.3) is 11.6 Å². The average Bonchev–Trinajstić information content (AvgIpc) is 2.99. The topological polar surface area (TPSA) is 86.7 Å². The lowest BCUT2D eigenvalue weighted by Crippen LogP contribution is -2.20. The van der Waals surface area contributed by atoms with Crippen molar-refractivity contribution < 1.29 is 14.5 Å². The predicted octanol–water partition coefficient (Wildman–Crippen LogP) is 4.01. The summed E-state index contributed by atoms with van der Waals surface area (Å²) in [4.78, 5) is 28.2. The zero-order chi connectivity index (χ0) is 20.3. The Morgan fingerprint density at radius 3 is 2.75 bits per heavy atom. The molecule has 7 nitrogen and oxygen atoms in total. The lowest BCUT2D eigenvalue weighted by molar-refractivity contribution is -0.385. The number of aryl methyl sites for hydroxylation is 2. The van der Waals surface area contributed by atoms with Crippen molar-refractivity contribution in [3.63, 3.8) is 0 Å². The minimum atomic E-state index is -0.626. The van der Waals surface area contributed by atoms with E-state index in [1.54, 1.807) is 6.07 Å². The molecule has 2 aromatic carbocycles. The third-order valence-electron chi connectivity index (χ3n) is 4.31. The Hall–Kier alpha value is -2.84. The van der Waals surface area contributed by atoms with Crippen LogP contribution >= 0.6 is 11.3 Å². The van der Waals surface area contributed by atoms with E-state index in [2.05, 4.69) is 17.1 Å². The summed E-state index contributed by atoms with van der Waals surface area (Å²) in [5.74, 6) is -0.626. The highest BCUT2D eigenvalue weighted by molar-refractivity contribution is 7.16. The average molecular weight is 399 g/mol. The molecule has 1 amide bonds. The highest BCUT2D eigenvalue weighted by Crippen LogP contribution is 2.24. The second-order valence-corrected chi connectivity index (χ2v) is 7.33. The number of benzene rings is 2. The standard InChI is InChI=1S/C20H21N3O4S/c1-4-27-10-9-22-17-12-13(2)11-14(3)18(17)28-20(22)21-19(24)15-7-5-6-8-16(15)23(25)26/h5-8,11-12H,4,9-10H2,1-3H3. The Balaban J connectivity index is 2.16. The van der Waals surface area contributed by atoms with Crippen LogP contribution in [0.15, 0.2) is 41.4 Å². The smallest absolute Gasteiger partial charge is 0.286 e. The summed E-state index contributed by atoms with van der Waals surface area (Å²) in [6.45, 7) is 7.59. The number of rotatable bonds is 6. The Labute approximate surface area is 166 Å². The largest absolute Gasteiger partial charge is 0.380 e. The highest BCUT2D eigenvalue weighted by Gasteiger charge is 2.19. The molecule has 0 bridgehead atoms. The van der Waals surface area contributed by atoms with Gasteiger partial charge in [-0.25, -0.2) is 0 Å². The Kier molecular flexibility index (Phi) is 6.01. The van der Waals surface area contributed by atoms with E-state index >= 15 is 0 Å². The van der Waals surface area contributed by atoms with Crippen LogP contribution in [-0.4, -0.2) is 28.6 Å². The molecule has 0 saturated carbocycles. The van der Waals surface area contributed by atoms with Crippen molar-refractivity contribution >= 4 is 33.1 Å². The molecule has 0 radical (unpaired) electrons. The fraction of sp³-hybridized carbons (Fsp3) is 0.300. The van der Waals surface area contributed by atoms with Crippen molar-refractivity contribution in [1.29, 1.82) is 0 Å². The van der Waals surface area contributed by atoms with Gasteiger partial charge in [-0.3, -0.25) is 14.9 Å². The van der Waals surface area contributed by atoms with Crippen molar-refractivity contribution in [2.45, 2.75) is 27.3 Å². The van der Waals surface area contributed by atoms with Crippen LogP contribution in [-0.2, 0) is 11.3 Å². The van der Waals surface area contributed by atoms with Gasteiger partial charge in [-0.2, -0.15) is 4.99 Å². The lowest BCUT2D eigenvalue weighted by atomic mass is 10.1. The second-order valence-electron chi connectivity index (χ2n) is 6.35. The summed E-state index contributed by atoms with van der Waals surface area (Å²) in [7, 11) is 0. The predicted molar refractivity (Wildman–Crippen MR) is 109 cm³/mol. The van der Waals surface area contributed by atoms with Gasteiger partial charge in [0.2, 0.25) is 0 Å². The second kappa shape index (κ2) is 8.45. The van der Waals surface area contributed by atoms with Crippen LogP contribution in [0.5, 0.6) is 0 Å². The molecule has 0 aliphatic heterocycles. The van der Waals surface area contributed by atoms with Gasteiger partial charge in [-0.05, 0) is 44.0 Å². The summed E-state index contributed by atoms with van der Waals surface area (Å²) >= 11 is 1.40. The number of para-hydroxylation sites is 1. The third kappa shape index (κ3) is 4.02. The maximum atomic E-state index is 12.7. The number of ether oxygens (including phenoxy) is 1. The Morgan fingerprint density at radius 1 is 1.29 bits per heavy atom. The maximum Gasteiger partial charge on any atom is 0.286 e. The SMILES string of the molecule is CCOCCn1c(=NC(=O)c2ccccc2[N+](=O)[O-])sc2c(C)cc(C)cc21. The van der Waals surface area contributed by atoms with Gasteiger partial charge < -0.3 is 9.30 Å². The van der Waals surface area contributed by atoms with Crippen molar-refractivity contribution in [3.05, 3.63) is 68.0 Å². The molecule has 0 aliphatic carbocycles. The van der Waals surface area contributed by atoms with Gasteiger partial charge in [-0.15, -0.1) is 0 Å². The van der Waals surface area contributed by atoms with Crippen molar-refractivity contribution in [3.8, 4) is 0 Å². The van der Waals surface area contributed by atoms with E-state index < -0.39 is 10.8 Å². The van der Waals surface area contributed by atoms with Crippen LogP contribution < -0.4 is 4.80 Å². The summed E-state index contributed by atoms with van der Waals surface area (Å²) in [6.07, 6.45) is 0. The third-order valence-corrected chi connectivity index (χ3v) is 5.54. The van der Waals surface area contributed by atoms with E-state index in [-0.39, 0.29) is 11.3 Å². The van der Waals surface area contributed by atoms with Gasteiger partial charge in [0.15, 0.2) is 4.80 Å². The van der Waals surface area contributed by atoms with Crippen LogP contribution in [0.2, 0.25) is 0 Å². The van der Waals surface area contributed by atoms with Crippen LogP contribution in [0.25, 0.3) is 10.2 Å². The lowest BCUT2D eigenvalue weighted by Gasteiger charge is -2.07. The molecular formula is C20H21N3O4S. The zero-order valence-electron chi connectivity index (χ0n) is 16.0. The summed E-state index contributed by atoms with van der Waals surface area (Å²) in [5, 5.41) is 11.2. The molecule has 0 aliphatic rings. The molecule has 0 N–H and O–H groups in total. The zero-order valence-corrected chi connectivity index (χ0v) is 16.8. The molecule has 146 valence electrons. The number of carbonyl (C=O) groups excluding carboxylic acids is 1. The minimum absolute atomic E-state index is 0.0192. The molecule has 0 spiro atoms. The number of hydrogen-bond donors (Lipinski definition) is 0. The summed E-state index contributed by atoms with van der Waals surface area (Å²) < 4.78 is 8.46. The van der Waals surface area contributed by atoms with Crippen LogP contribution in [0.1, 0.15) is 28.4 Å². The van der Waals surface area contributed by atoms with E-state index in [1.165, 1.54) is 29.5 Å². The van der Waals surface area contributed by atoms with E-state index in [0.717, 1.165) is 21.3 Å². The van der Waals surface area contributed by atoms with Crippen molar-refractivity contribution in [1.82, 2.24) is 4.57 Å². The monoisotopic (exact) mass is 399 g/mol. The highest BCUT2D eigenvalue weighted by atomic mass is 32.1. The van der Waals surface area contributed by atoms with Crippen molar-refractivity contribution in [2.75, 3.05) is 13.2 Å². The number of nitro groups is 1. The van der Waals surface area contributed by atoms with E-state index in [9.17, 15) is 14.9 Å². The molecule has 0 saturated heterocycles. The maximum absolute atomic E-state index is 12.7. The van der Waals surface area contributed by atoms with Crippen LogP contribution in [0.4, 0.5) is 5.69 Å². The number of carbonyl (C=O) groups is 1. The normalized spacial score (nSPS) is 11.9. The Morgan fingerprint density at radius 2 is 2.04 bits per heavy atom. The first-order valence-corrected chi connectivity index (χ1v) is 9.74. The van der Waals surface area contributed by atoms with E-state index in [1.807, 2.05) is 25.3 Å². The first-order chi connectivity index (χ1) is 13.4. The minimum Gasteiger partial charge on any atom is -0.380 e. The number of nitrogens with zero attached hydrogens (tertiary/aromatic N) is 3. The quantitative estimate of drug-likeness (QED) is 0.356. The number of amides is 1. The first-order valence-electron chi connectivity index (χ1n) is 8.93. The van der Waals surface area contributed by atoms with Gasteiger partial charge in [0.05, 0.1) is 21.7 Å². The van der Waals surface area contributed by atoms with E-state index in [0.29, 0.717) is 24.6 Å². The number of nitro benzene ring substituents is 1. The van der Waals surface area contributed by atoms with Gasteiger partial charge in [-0.1, -0.05) is 29.5 Å².